The maximum atomic E-state index is 13.6. The number of hydrogen-bond donors (Lipinski definition) is 0. The van der Waals surface area contributed by atoms with E-state index in [-0.39, 0.29) is 5.91 Å². The van der Waals surface area contributed by atoms with Crippen LogP contribution in [0.1, 0.15) is 39.0 Å². The molecule has 1 amide bonds. The number of aryl methyl sites for hydroxylation is 4. The van der Waals surface area contributed by atoms with Crippen LogP contribution in [0.5, 0.6) is 0 Å². The third kappa shape index (κ3) is 4.97. The monoisotopic (exact) mass is 437 g/mol. The molecule has 1 aliphatic heterocycles. The second-order valence-corrected chi connectivity index (χ2v) is 9.47. The number of rotatable bonds is 6. The lowest BCUT2D eigenvalue weighted by atomic mass is 10.1. The molecule has 2 heterocycles. The number of ether oxygens (including phenoxy) is 1. The van der Waals surface area contributed by atoms with Gasteiger partial charge in [0.25, 0.3) is 5.91 Å². The Kier molecular flexibility index (Phi) is 6.70. The Morgan fingerprint density at radius 1 is 1.03 bits per heavy atom. The fraction of sp³-hybridized carbons (Fsp3) is 0.440. The van der Waals surface area contributed by atoms with E-state index in [1.165, 1.54) is 16.7 Å². The van der Waals surface area contributed by atoms with Crippen molar-refractivity contribution >= 4 is 32.6 Å². The summed E-state index contributed by atoms with van der Waals surface area (Å²) in [5, 5.41) is 0.783. The number of carbonyl (C=O) groups excluding carboxylic acids is 1. The van der Waals surface area contributed by atoms with E-state index in [1.54, 1.807) is 11.3 Å². The summed E-state index contributed by atoms with van der Waals surface area (Å²) in [6.45, 7) is 13.5. The van der Waals surface area contributed by atoms with E-state index in [9.17, 15) is 4.79 Å². The van der Waals surface area contributed by atoms with Crippen molar-refractivity contribution in [2.24, 2.45) is 0 Å². The molecule has 1 aromatic heterocycles. The van der Waals surface area contributed by atoms with Crippen molar-refractivity contribution in [2.45, 2.75) is 34.1 Å². The summed E-state index contributed by atoms with van der Waals surface area (Å²) in [4.78, 5) is 22.7. The summed E-state index contributed by atoms with van der Waals surface area (Å²) in [7, 11) is 0. The Labute approximate surface area is 188 Å². The normalized spacial score (nSPS) is 14.8. The molecule has 0 radical (unpaired) electrons. The molecule has 4 rings (SSSR count). The Balaban J connectivity index is 1.61. The van der Waals surface area contributed by atoms with Gasteiger partial charge >= 0.3 is 0 Å². The second kappa shape index (κ2) is 9.47. The number of hydrogen-bond acceptors (Lipinski definition) is 5. The first-order chi connectivity index (χ1) is 14.9. The number of thiazole rings is 1. The highest BCUT2D eigenvalue weighted by Gasteiger charge is 2.22. The van der Waals surface area contributed by atoms with E-state index >= 15 is 0 Å². The maximum Gasteiger partial charge on any atom is 0.260 e. The zero-order chi connectivity index (χ0) is 22.0. The molecule has 0 atom stereocenters. The van der Waals surface area contributed by atoms with Crippen LogP contribution in [0.2, 0.25) is 0 Å². The minimum atomic E-state index is 0.0255. The fourth-order valence-corrected chi connectivity index (χ4v) is 4.94. The molecule has 164 valence electrons. The summed E-state index contributed by atoms with van der Waals surface area (Å²) in [5.74, 6) is 0.0255. The molecule has 1 aliphatic rings. The van der Waals surface area contributed by atoms with Crippen molar-refractivity contribution in [1.82, 2.24) is 9.88 Å². The highest BCUT2D eigenvalue weighted by atomic mass is 32.1. The average Bonchev–Trinajstić information content (AvgIpc) is 3.16. The summed E-state index contributed by atoms with van der Waals surface area (Å²) >= 11 is 1.60. The second-order valence-electron chi connectivity index (χ2n) is 8.46. The van der Waals surface area contributed by atoms with Crippen LogP contribution in [0.25, 0.3) is 10.2 Å². The summed E-state index contributed by atoms with van der Waals surface area (Å²) in [6, 6.07) is 10.3. The van der Waals surface area contributed by atoms with Crippen LogP contribution in [0.3, 0.4) is 0 Å². The van der Waals surface area contributed by atoms with E-state index in [4.69, 9.17) is 9.72 Å². The zero-order valence-electron chi connectivity index (χ0n) is 18.9. The molecular formula is C25H31N3O2S. The van der Waals surface area contributed by atoms with Crippen LogP contribution in [0.4, 0.5) is 5.13 Å². The van der Waals surface area contributed by atoms with Gasteiger partial charge in [0.2, 0.25) is 0 Å². The first-order valence-corrected chi connectivity index (χ1v) is 11.8. The zero-order valence-corrected chi connectivity index (χ0v) is 19.7. The molecule has 5 nitrogen and oxygen atoms in total. The number of fused-ring (bicyclic) bond motifs is 1. The number of morpholine rings is 1. The van der Waals surface area contributed by atoms with Gasteiger partial charge in [0.15, 0.2) is 5.13 Å². The van der Waals surface area contributed by atoms with Gasteiger partial charge in [-0.15, -0.1) is 0 Å². The third-order valence-electron chi connectivity index (χ3n) is 6.18. The maximum absolute atomic E-state index is 13.6. The Morgan fingerprint density at radius 3 is 2.48 bits per heavy atom. The van der Waals surface area contributed by atoms with Crippen molar-refractivity contribution in [3.8, 4) is 0 Å². The van der Waals surface area contributed by atoms with E-state index in [0.29, 0.717) is 6.54 Å². The standard InChI is InChI=1S/C25H31N3O2S/c1-17-6-7-21(14-18(17)2)24(29)28(9-5-8-27-10-12-30-13-11-27)25-26-22-15-19(3)20(4)16-23(22)31-25/h6-7,14-16H,5,8-13H2,1-4H3. The SMILES string of the molecule is Cc1ccc(C(=O)N(CCCN2CCOCC2)c2nc3cc(C)c(C)cc3s2)cc1C. The summed E-state index contributed by atoms with van der Waals surface area (Å²) in [6.07, 6.45) is 0.907. The lowest BCUT2D eigenvalue weighted by Crippen LogP contribution is -2.39. The highest BCUT2D eigenvalue weighted by molar-refractivity contribution is 7.22. The van der Waals surface area contributed by atoms with Crippen LogP contribution < -0.4 is 4.90 Å². The average molecular weight is 438 g/mol. The molecular weight excluding hydrogens is 406 g/mol. The van der Waals surface area contributed by atoms with Gasteiger partial charge in [-0.1, -0.05) is 17.4 Å². The number of amides is 1. The molecule has 1 fully saturated rings. The molecule has 0 unspecified atom stereocenters. The van der Waals surface area contributed by atoms with E-state index in [2.05, 4.69) is 44.7 Å². The van der Waals surface area contributed by atoms with Crippen LogP contribution in [0.15, 0.2) is 30.3 Å². The van der Waals surface area contributed by atoms with Gasteiger partial charge in [-0.3, -0.25) is 14.6 Å². The Morgan fingerprint density at radius 2 is 1.74 bits per heavy atom. The fourth-order valence-electron chi connectivity index (χ4n) is 3.87. The highest BCUT2D eigenvalue weighted by Crippen LogP contribution is 2.32. The van der Waals surface area contributed by atoms with Gasteiger partial charge in [0.1, 0.15) is 0 Å². The van der Waals surface area contributed by atoms with Gasteiger partial charge in [-0.05, 0) is 80.6 Å². The van der Waals surface area contributed by atoms with E-state index in [1.807, 2.05) is 23.1 Å². The molecule has 0 saturated carbocycles. The Hall–Kier alpha value is -2.28. The largest absolute Gasteiger partial charge is 0.379 e. The third-order valence-corrected chi connectivity index (χ3v) is 7.22. The van der Waals surface area contributed by atoms with Gasteiger partial charge in [0.05, 0.1) is 23.4 Å². The molecule has 0 N–H and O–H groups in total. The molecule has 6 heteroatoms. The minimum absolute atomic E-state index is 0.0255. The molecule has 2 aromatic carbocycles. The van der Waals surface area contributed by atoms with Crippen molar-refractivity contribution in [3.05, 3.63) is 58.1 Å². The smallest absolute Gasteiger partial charge is 0.260 e. The van der Waals surface area contributed by atoms with E-state index in [0.717, 1.165) is 65.7 Å². The summed E-state index contributed by atoms with van der Waals surface area (Å²) in [5.41, 5.74) is 6.50. The summed E-state index contributed by atoms with van der Waals surface area (Å²) < 4.78 is 6.58. The molecule has 0 aliphatic carbocycles. The predicted octanol–water partition coefficient (Wildman–Crippen LogP) is 4.90. The quantitative estimate of drug-likeness (QED) is 0.550. The van der Waals surface area contributed by atoms with Crippen molar-refractivity contribution in [1.29, 1.82) is 0 Å². The first kappa shape index (κ1) is 21.9. The number of benzene rings is 2. The van der Waals surface area contributed by atoms with Crippen LogP contribution >= 0.6 is 11.3 Å². The molecule has 0 spiro atoms. The van der Waals surface area contributed by atoms with Gasteiger partial charge in [-0.25, -0.2) is 4.98 Å². The van der Waals surface area contributed by atoms with E-state index < -0.39 is 0 Å². The lowest BCUT2D eigenvalue weighted by molar-refractivity contribution is 0.0376. The molecule has 3 aromatic rings. The number of aromatic nitrogens is 1. The Bertz CT molecular complexity index is 1050. The van der Waals surface area contributed by atoms with Crippen LogP contribution in [-0.4, -0.2) is 55.2 Å². The van der Waals surface area contributed by atoms with Crippen LogP contribution in [0, 0.1) is 27.7 Å². The minimum Gasteiger partial charge on any atom is -0.379 e. The molecule has 31 heavy (non-hydrogen) atoms. The first-order valence-electron chi connectivity index (χ1n) is 11.0. The molecule has 1 saturated heterocycles. The van der Waals surface area contributed by atoms with Gasteiger partial charge in [0, 0.05) is 31.7 Å². The lowest BCUT2D eigenvalue weighted by Gasteiger charge is -2.27. The van der Waals surface area contributed by atoms with Gasteiger partial charge < -0.3 is 4.74 Å². The molecule has 0 bridgehead atoms. The number of nitrogens with zero attached hydrogens (tertiary/aromatic N) is 3. The van der Waals surface area contributed by atoms with Crippen molar-refractivity contribution in [2.75, 3.05) is 44.3 Å². The van der Waals surface area contributed by atoms with Gasteiger partial charge in [-0.2, -0.15) is 0 Å². The number of anilines is 1. The number of carbonyl (C=O) groups is 1. The topological polar surface area (TPSA) is 45.7 Å². The van der Waals surface area contributed by atoms with Crippen molar-refractivity contribution in [3.63, 3.8) is 0 Å². The predicted molar refractivity (Wildman–Crippen MR) is 129 cm³/mol. The van der Waals surface area contributed by atoms with Crippen LogP contribution in [-0.2, 0) is 4.74 Å². The van der Waals surface area contributed by atoms with Crippen molar-refractivity contribution < 1.29 is 9.53 Å².